The highest BCUT2D eigenvalue weighted by Crippen LogP contribution is 2.27. The largest absolute Gasteiger partial charge is 0.493 e. The van der Waals surface area contributed by atoms with Crippen molar-refractivity contribution in [2.24, 2.45) is 0 Å². The molecule has 0 saturated heterocycles. The number of carbonyl (C=O) groups is 1. The molecule has 3 N–H and O–H groups in total. The van der Waals surface area contributed by atoms with E-state index in [0.29, 0.717) is 37.1 Å². The zero-order valence-corrected chi connectivity index (χ0v) is 10.9. The third kappa shape index (κ3) is 4.13. The molecule has 0 heterocycles. The zero-order chi connectivity index (χ0) is 13.7. The highest BCUT2D eigenvalue weighted by molar-refractivity contribution is 5.77. The van der Waals surface area contributed by atoms with Crippen LogP contribution in [-0.4, -0.2) is 41.7 Å². The molecule has 104 valence electrons. The van der Waals surface area contributed by atoms with Crippen LogP contribution in [0.3, 0.4) is 0 Å². The van der Waals surface area contributed by atoms with Crippen molar-refractivity contribution in [1.82, 2.24) is 4.90 Å². The van der Waals surface area contributed by atoms with Gasteiger partial charge >= 0.3 is 0 Å². The number of ether oxygens (including phenoxy) is 1. The van der Waals surface area contributed by atoms with Crippen molar-refractivity contribution in [2.75, 3.05) is 25.5 Å². The summed E-state index contributed by atoms with van der Waals surface area (Å²) < 4.78 is 5.50. The average molecular weight is 264 g/mol. The predicted molar refractivity (Wildman–Crippen MR) is 72.8 cm³/mol. The van der Waals surface area contributed by atoms with Gasteiger partial charge in [-0.1, -0.05) is 6.07 Å². The van der Waals surface area contributed by atoms with Crippen molar-refractivity contribution >= 4 is 11.6 Å². The Hall–Kier alpha value is -1.75. The smallest absolute Gasteiger partial charge is 0.226 e. The molecular weight excluding hydrogens is 244 g/mol. The van der Waals surface area contributed by atoms with Crippen LogP contribution in [0.2, 0.25) is 0 Å². The maximum absolute atomic E-state index is 12.0. The first kappa shape index (κ1) is 13.7. The van der Waals surface area contributed by atoms with Crippen molar-refractivity contribution in [3.63, 3.8) is 0 Å². The Morgan fingerprint density at radius 1 is 1.47 bits per heavy atom. The van der Waals surface area contributed by atoms with E-state index in [-0.39, 0.29) is 12.5 Å². The van der Waals surface area contributed by atoms with Gasteiger partial charge in [0.05, 0.1) is 19.6 Å². The lowest BCUT2D eigenvalue weighted by Crippen LogP contribution is -2.36. The molecular formula is C14H20N2O3. The van der Waals surface area contributed by atoms with Crippen LogP contribution in [0.15, 0.2) is 24.3 Å². The first-order valence-corrected chi connectivity index (χ1v) is 6.59. The van der Waals surface area contributed by atoms with Gasteiger partial charge in [-0.2, -0.15) is 0 Å². The SMILES string of the molecule is Nc1cccc(OCCC(=O)N(CCO)C2CC2)c1. The highest BCUT2D eigenvalue weighted by Gasteiger charge is 2.31. The molecule has 2 rings (SSSR count). The van der Waals surface area contributed by atoms with Crippen LogP contribution in [0.5, 0.6) is 5.75 Å². The van der Waals surface area contributed by atoms with Crippen LogP contribution in [0.25, 0.3) is 0 Å². The lowest BCUT2D eigenvalue weighted by molar-refractivity contribution is -0.132. The normalized spacial score (nSPS) is 14.2. The number of anilines is 1. The van der Waals surface area contributed by atoms with Crippen LogP contribution >= 0.6 is 0 Å². The molecule has 0 aromatic heterocycles. The summed E-state index contributed by atoms with van der Waals surface area (Å²) in [5.41, 5.74) is 6.29. The Morgan fingerprint density at radius 2 is 2.26 bits per heavy atom. The van der Waals surface area contributed by atoms with Crippen LogP contribution in [-0.2, 0) is 4.79 Å². The van der Waals surface area contributed by atoms with Crippen molar-refractivity contribution in [3.8, 4) is 5.75 Å². The van der Waals surface area contributed by atoms with Gasteiger partial charge in [-0.3, -0.25) is 4.79 Å². The Kier molecular flexibility index (Phi) is 4.63. The Labute approximate surface area is 113 Å². The molecule has 0 bridgehead atoms. The van der Waals surface area contributed by atoms with E-state index in [1.54, 1.807) is 17.0 Å². The van der Waals surface area contributed by atoms with Crippen LogP contribution in [0, 0.1) is 0 Å². The minimum atomic E-state index is 0.0122. The lowest BCUT2D eigenvalue weighted by atomic mass is 10.3. The quantitative estimate of drug-likeness (QED) is 0.721. The number of rotatable bonds is 7. The summed E-state index contributed by atoms with van der Waals surface area (Å²) in [6, 6.07) is 7.47. The minimum absolute atomic E-state index is 0.0122. The average Bonchev–Trinajstić information content (AvgIpc) is 3.20. The van der Waals surface area contributed by atoms with E-state index in [1.165, 1.54) is 0 Å². The van der Waals surface area contributed by atoms with Crippen molar-refractivity contribution in [2.45, 2.75) is 25.3 Å². The monoisotopic (exact) mass is 264 g/mol. The van der Waals surface area contributed by atoms with E-state index in [1.807, 2.05) is 12.1 Å². The molecule has 0 radical (unpaired) electrons. The number of hydrogen-bond acceptors (Lipinski definition) is 4. The fourth-order valence-electron chi connectivity index (χ4n) is 2.01. The summed E-state index contributed by atoms with van der Waals surface area (Å²) in [6.45, 7) is 0.761. The van der Waals surface area contributed by atoms with Gasteiger partial charge in [0.1, 0.15) is 5.75 Å². The van der Waals surface area contributed by atoms with E-state index in [2.05, 4.69) is 0 Å². The number of nitrogen functional groups attached to an aromatic ring is 1. The first-order valence-electron chi connectivity index (χ1n) is 6.59. The van der Waals surface area contributed by atoms with Gasteiger partial charge in [-0.25, -0.2) is 0 Å². The lowest BCUT2D eigenvalue weighted by Gasteiger charge is -2.21. The van der Waals surface area contributed by atoms with Gasteiger partial charge in [-0.15, -0.1) is 0 Å². The molecule has 0 aliphatic heterocycles. The Bertz CT molecular complexity index is 432. The Morgan fingerprint density at radius 3 is 2.89 bits per heavy atom. The van der Waals surface area contributed by atoms with Gasteiger partial charge in [0.15, 0.2) is 0 Å². The molecule has 0 unspecified atom stereocenters. The summed E-state index contributed by atoms with van der Waals surface area (Å²) >= 11 is 0. The van der Waals surface area contributed by atoms with E-state index >= 15 is 0 Å². The summed E-state index contributed by atoms with van der Waals surface area (Å²) in [6.07, 6.45) is 2.41. The number of aliphatic hydroxyl groups is 1. The molecule has 0 spiro atoms. The van der Waals surface area contributed by atoms with Gasteiger partial charge < -0.3 is 20.5 Å². The minimum Gasteiger partial charge on any atom is -0.493 e. The summed E-state index contributed by atoms with van der Waals surface area (Å²) in [7, 11) is 0. The molecule has 1 saturated carbocycles. The van der Waals surface area contributed by atoms with E-state index < -0.39 is 0 Å². The number of hydrogen-bond donors (Lipinski definition) is 2. The third-order valence-corrected chi connectivity index (χ3v) is 3.09. The maximum Gasteiger partial charge on any atom is 0.226 e. The van der Waals surface area contributed by atoms with Crippen molar-refractivity contribution in [1.29, 1.82) is 0 Å². The molecule has 1 aliphatic rings. The fraction of sp³-hybridized carbons (Fsp3) is 0.500. The molecule has 1 aromatic carbocycles. The van der Waals surface area contributed by atoms with Crippen LogP contribution in [0.4, 0.5) is 5.69 Å². The molecule has 5 heteroatoms. The second-order valence-corrected chi connectivity index (χ2v) is 4.71. The number of aliphatic hydroxyl groups excluding tert-OH is 1. The van der Waals surface area contributed by atoms with Crippen LogP contribution in [0.1, 0.15) is 19.3 Å². The van der Waals surface area contributed by atoms with Gasteiger partial charge in [-0.05, 0) is 25.0 Å². The van der Waals surface area contributed by atoms with Crippen molar-refractivity contribution < 1.29 is 14.6 Å². The molecule has 1 aromatic rings. The third-order valence-electron chi connectivity index (χ3n) is 3.09. The highest BCUT2D eigenvalue weighted by atomic mass is 16.5. The Balaban J connectivity index is 1.76. The molecule has 0 atom stereocenters. The predicted octanol–water partition coefficient (Wildman–Crippen LogP) is 1.02. The number of carbonyl (C=O) groups excluding carboxylic acids is 1. The first-order chi connectivity index (χ1) is 9.20. The van der Waals surface area contributed by atoms with Crippen LogP contribution < -0.4 is 10.5 Å². The fourth-order valence-corrected chi connectivity index (χ4v) is 2.01. The topological polar surface area (TPSA) is 75.8 Å². The standard InChI is InChI=1S/C14H20N2O3/c15-11-2-1-3-13(10-11)19-9-6-14(18)16(7-8-17)12-4-5-12/h1-3,10,12,17H,4-9,15H2. The molecule has 1 fully saturated rings. The number of nitrogens with zero attached hydrogens (tertiary/aromatic N) is 1. The maximum atomic E-state index is 12.0. The second kappa shape index (κ2) is 6.43. The van der Waals surface area contributed by atoms with Gasteiger partial charge in [0, 0.05) is 24.3 Å². The second-order valence-electron chi connectivity index (χ2n) is 4.71. The summed E-state index contributed by atoms with van der Waals surface area (Å²) in [5, 5.41) is 8.96. The molecule has 19 heavy (non-hydrogen) atoms. The molecule has 5 nitrogen and oxygen atoms in total. The zero-order valence-electron chi connectivity index (χ0n) is 10.9. The number of amides is 1. The molecule has 1 amide bonds. The number of benzene rings is 1. The number of nitrogens with two attached hydrogens (primary N) is 1. The van der Waals surface area contributed by atoms with Gasteiger partial charge in [0.2, 0.25) is 5.91 Å². The van der Waals surface area contributed by atoms with Crippen molar-refractivity contribution in [3.05, 3.63) is 24.3 Å². The summed E-state index contributed by atoms with van der Waals surface area (Å²) in [5.74, 6) is 0.716. The van der Waals surface area contributed by atoms with E-state index in [4.69, 9.17) is 15.6 Å². The van der Waals surface area contributed by atoms with Gasteiger partial charge in [0.25, 0.3) is 0 Å². The summed E-state index contributed by atoms with van der Waals surface area (Å²) in [4.78, 5) is 13.7. The van der Waals surface area contributed by atoms with E-state index in [0.717, 1.165) is 12.8 Å². The van der Waals surface area contributed by atoms with E-state index in [9.17, 15) is 4.79 Å². The molecule has 1 aliphatic carbocycles.